The van der Waals surface area contributed by atoms with Gasteiger partial charge in [-0.2, -0.15) is 0 Å². The van der Waals surface area contributed by atoms with Crippen LogP contribution in [-0.4, -0.2) is 39.5 Å². The van der Waals surface area contributed by atoms with Crippen molar-refractivity contribution in [2.45, 2.75) is 35.3 Å². The lowest BCUT2D eigenvalue weighted by Gasteiger charge is -2.36. The number of halogens is 1. The second-order valence-corrected chi connectivity index (χ2v) is 8.33. The zero-order chi connectivity index (χ0) is 19.7. The highest BCUT2D eigenvalue weighted by atomic mass is 32.2. The summed E-state index contributed by atoms with van der Waals surface area (Å²) in [5.74, 6) is -0.893. The van der Waals surface area contributed by atoms with Gasteiger partial charge in [0.1, 0.15) is 5.82 Å². The molecule has 1 fully saturated rings. The van der Waals surface area contributed by atoms with Crippen molar-refractivity contribution in [3.63, 3.8) is 0 Å². The standard InChI is InChI=1S/C19H20FNO5S/c1-13(22)14-3-4-18(21-12-14)27(23,24)17-10-15(9-16(20)11-17)19(25-2)5-7-26-8-6-19/h3-4,9-12H,5-8H2,1-2H3. The number of rotatable bonds is 5. The Labute approximate surface area is 157 Å². The predicted octanol–water partition coefficient (Wildman–Crippen LogP) is 2.91. The first-order valence-corrected chi connectivity index (χ1v) is 9.93. The van der Waals surface area contributed by atoms with Crippen molar-refractivity contribution >= 4 is 15.6 Å². The Kier molecular flexibility index (Phi) is 5.41. The Morgan fingerprint density at radius 2 is 1.93 bits per heavy atom. The predicted molar refractivity (Wildman–Crippen MR) is 94.8 cm³/mol. The molecule has 1 aromatic carbocycles. The fourth-order valence-electron chi connectivity index (χ4n) is 3.16. The summed E-state index contributed by atoms with van der Waals surface area (Å²) < 4.78 is 51.1. The van der Waals surface area contributed by atoms with Gasteiger partial charge in [0.25, 0.3) is 0 Å². The summed E-state index contributed by atoms with van der Waals surface area (Å²) >= 11 is 0. The molecule has 8 heteroatoms. The van der Waals surface area contributed by atoms with E-state index < -0.39 is 21.3 Å². The molecular weight excluding hydrogens is 373 g/mol. The molecule has 0 aliphatic carbocycles. The lowest BCUT2D eigenvalue weighted by atomic mass is 9.86. The minimum Gasteiger partial charge on any atom is -0.381 e. The van der Waals surface area contributed by atoms with E-state index in [1.165, 1.54) is 44.5 Å². The molecule has 144 valence electrons. The summed E-state index contributed by atoms with van der Waals surface area (Å²) in [7, 11) is -2.53. The number of ether oxygens (including phenoxy) is 2. The number of methoxy groups -OCH3 is 1. The van der Waals surface area contributed by atoms with E-state index in [1.54, 1.807) is 0 Å². The number of hydrogen-bond donors (Lipinski definition) is 0. The van der Waals surface area contributed by atoms with Crippen LogP contribution in [0.3, 0.4) is 0 Å². The quantitative estimate of drug-likeness (QED) is 0.727. The van der Waals surface area contributed by atoms with Gasteiger partial charge in [0.2, 0.25) is 9.84 Å². The smallest absolute Gasteiger partial charge is 0.223 e. The number of sulfone groups is 1. The van der Waals surface area contributed by atoms with Crippen LogP contribution in [0.4, 0.5) is 4.39 Å². The van der Waals surface area contributed by atoms with Gasteiger partial charge in [-0.1, -0.05) is 0 Å². The molecule has 0 spiro atoms. The minimum atomic E-state index is -4.05. The van der Waals surface area contributed by atoms with E-state index in [0.29, 0.717) is 37.2 Å². The van der Waals surface area contributed by atoms with E-state index in [-0.39, 0.29) is 15.7 Å². The van der Waals surface area contributed by atoms with Gasteiger partial charge in [0.05, 0.1) is 10.5 Å². The second-order valence-electron chi connectivity index (χ2n) is 6.43. The van der Waals surface area contributed by atoms with E-state index in [2.05, 4.69) is 4.98 Å². The Balaban J connectivity index is 2.06. The van der Waals surface area contributed by atoms with Gasteiger partial charge in [-0.05, 0) is 42.8 Å². The summed E-state index contributed by atoms with van der Waals surface area (Å²) in [4.78, 5) is 15.0. The molecule has 0 amide bonds. The molecule has 3 rings (SSSR count). The van der Waals surface area contributed by atoms with E-state index in [0.717, 1.165) is 6.07 Å². The molecule has 0 bridgehead atoms. The highest BCUT2D eigenvalue weighted by Crippen LogP contribution is 2.37. The van der Waals surface area contributed by atoms with Crippen molar-refractivity contribution in [3.8, 4) is 0 Å². The fraction of sp³-hybridized carbons (Fsp3) is 0.368. The monoisotopic (exact) mass is 393 g/mol. The normalized spacial score (nSPS) is 16.9. The van der Waals surface area contributed by atoms with E-state index in [9.17, 15) is 17.6 Å². The summed E-state index contributed by atoms with van der Waals surface area (Å²) in [5, 5.41) is -0.248. The number of pyridine rings is 1. The van der Waals surface area contributed by atoms with Gasteiger partial charge in [-0.3, -0.25) is 4.79 Å². The minimum absolute atomic E-state index is 0.205. The molecule has 6 nitrogen and oxygen atoms in total. The Bertz CT molecular complexity index is 951. The van der Waals surface area contributed by atoms with E-state index in [4.69, 9.17) is 9.47 Å². The number of nitrogens with zero attached hydrogens (tertiary/aromatic N) is 1. The van der Waals surface area contributed by atoms with Crippen LogP contribution >= 0.6 is 0 Å². The molecule has 0 radical (unpaired) electrons. The fourth-order valence-corrected chi connectivity index (χ4v) is 4.39. The maximum absolute atomic E-state index is 14.3. The highest BCUT2D eigenvalue weighted by Gasteiger charge is 2.36. The summed E-state index contributed by atoms with van der Waals surface area (Å²) in [6.07, 6.45) is 2.19. The van der Waals surface area contributed by atoms with Crippen molar-refractivity contribution in [3.05, 3.63) is 53.5 Å². The second kappa shape index (κ2) is 7.46. The topological polar surface area (TPSA) is 82.6 Å². The molecule has 27 heavy (non-hydrogen) atoms. The average molecular weight is 393 g/mol. The number of carbonyl (C=O) groups excluding carboxylic acids is 1. The van der Waals surface area contributed by atoms with Crippen LogP contribution in [0, 0.1) is 5.82 Å². The summed E-state index contributed by atoms with van der Waals surface area (Å²) in [5.41, 5.74) is -0.0436. The molecule has 1 saturated heterocycles. The lowest BCUT2D eigenvalue weighted by molar-refractivity contribution is -0.0950. The largest absolute Gasteiger partial charge is 0.381 e. The molecule has 2 heterocycles. The molecule has 1 aliphatic rings. The van der Waals surface area contributed by atoms with Crippen molar-refractivity contribution in [1.82, 2.24) is 4.98 Å². The van der Waals surface area contributed by atoms with Crippen LogP contribution in [0.5, 0.6) is 0 Å². The number of carbonyl (C=O) groups is 1. The lowest BCUT2D eigenvalue weighted by Crippen LogP contribution is -2.35. The molecular formula is C19H20FNO5S. The maximum Gasteiger partial charge on any atom is 0.223 e. The molecule has 2 aromatic rings. The third kappa shape index (κ3) is 3.78. The number of hydrogen-bond acceptors (Lipinski definition) is 6. The van der Waals surface area contributed by atoms with Gasteiger partial charge in [0.15, 0.2) is 10.8 Å². The van der Waals surface area contributed by atoms with Crippen LogP contribution in [0.2, 0.25) is 0 Å². The highest BCUT2D eigenvalue weighted by molar-refractivity contribution is 7.91. The van der Waals surface area contributed by atoms with Crippen molar-refractivity contribution in [1.29, 1.82) is 0 Å². The van der Waals surface area contributed by atoms with Gasteiger partial charge in [0, 0.05) is 44.9 Å². The van der Waals surface area contributed by atoms with Gasteiger partial charge in [-0.25, -0.2) is 17.8 Å². The molecule has 0 unspecified atom stereocenters. The Hall–Kier alpha value is -2.16. The van der Waals surface area contributed by atoms with Gasteiger partial charge >= 0.3 is 0 Å². The van der Waals surface area contributed by atoms with Crippen molar-refractivity contribution < 1.29 is 27.1 Å². The first-order chi connectivity index (χ1) is 12.8. The summed E-state index contributed by atoms with van der Waals surface area (Å²) in [6, 6.07) is 6.31. The molecule has 1 aliphatic heterocycles. The zero-order valence-corrected chi connectivity index (χ0v) is 15.9. The molecule has 1 aromatic heterocycles. The van der Waals surface area contributed by atoms with Gasteiger partial charge < -0.3 is 9.47 Å². The maximum atomic E-state index is 14.3. The van der Waals surface area contributed by atoms with Crippen LogP contribution in [-0.2, 0) is 24.9 Å². The van der Waals surface area contributed by atoms with Crippen molar-refractivity contribution in [2.24, 2.45) is 0 Å². The number of benzene rings is 1. The van der Waals surface area contributed by atoms with E-state index >= 15 is 0 Å². The number of aromatic nitrogens is 1. The van der Waals surface area contributed by atoms with Crippen LogP contribution in [0.25, 0.3) is 0 Å². The third-order valence-corrected chi connectivity index (χ3v) is 6.47. The Morgan fingerprint density at radius 1 is 1.22 bits per heavy atom. The number of ketones is 1. The average Bonchev–Trinajstić information content (AvgIpc) is 2.68. The Morgan fingerprint density at radius 3 is 2.48 bits per heavy atom. The first-order valence-electron chi connectivity index (χ1n) is 8.44. The SMILES string of the molecule is COC1(c2cc(F)cc(S(=O)(=O)c3ccc(C(C)=O)cn3)c2)CCOCC1. The van der Waals surface area contributed by atoms with Crippen LogP contribution in [0.15, 0.2) is 46.5 Å². The van der Waals surface area contributed by atoms with Crippen LogP contribution < -0.4 is 0 Å². The third-order valence-electron chi connectivity index (χ3n) is 4.82. The first kappa shape index (κ1) is 19.6. The molecule has 0 atom stereocenters. The van der Waals surface area contributed by atoms with E-state index in [1.807, 2.05) is 0 Å². The zero-order valence-electron chi connectivity index (χ0n) is 15.1. The van der Waals surface area contributed by atoms with Crippen molar-refractivity contribution in [2.75, 3.05) is 20.3 Å². The van der Waals surface area contributed by atoms with Gasteiger partial charge in [-0.15, -0.1) is 0 Å². The molecule has 0 saturated carbocycles. The summed E-state index contributed by atoms with van der Waals surface area (Å²) in [6.45, 7) is 2.25. The number of Topliss-reactive ketones (excluding diaryl/α,β-unsaturated/α-hetero) is 1. The van der Waals surface area contributed by atoms with Crippen LogP contribution in [0.1, 0.15) is 35.7 Å². The molecule has 0 N–H and O–H groups in total.